The molecule has 0 saturated carbocycles. The minimum Gasteiger partial charge on any atom is -0.478 e. The van der Waals surface area contributed by atoms with Crippen LogP contribution in [0.3, 0.4) is 0 Å². The third-order valence-electron chi connectivity index (χ3n) is 3.52. The Morgan fingerprint density at radius 3 is 3.05 bits per heavy atom. The Morgan fingerprint density at radius 1 is 1.58 bits per heavy atom. The predicted molar refractivity (Wildman–Crippen MR) is 78.4 cm³/mol. The van der Waals surface area contributed by atoms with Gasteiger partial charge in [-0.25, -0.2) is 4.79 Å². The summed E-state index contributed by atoms with van der Waals surface area (Å²) in [6.07, 6.45) is 2.83. The average molecular weight is 280 g/mol. The van der Waals surface area contributed by atoms with Crippen molar-refractivity contribution >= 4 is 23.4 Å². The van der Waals surface area contributed by atoms with Crippen molar-refractivity contribution < 1.29 is 9.90 Å². The van der Waals surface area contributed by atoms with Crippen LogP contribution in [-0.4, -0.2) is 53.6 Å². The highest BCUT2D eigenvalue weighted by Crippen LogP contribution is 2.19. The summed E-state index contributed by atoms with van der Waals surface area (Å²) < 4.78 is 0. The molecule has 2 heterocycles. The van der Waals surface area contributed by atoms with E-state index in [2.05, 4.69) is 29.8 Å². The summed E-state index contributed by atoms with van der Waals surface area (Å²) in [6.45, 7) is 6.51. The Labute approximate surface area is 118 Å². The number of carboxylic acid groups (broad SMARTS) is 1. The Morgan fingerprint density at radius 2 is 2.37 bits per heavy atom. The summed E-state index contributed by atoms with van der Waals surface area (Å²) in [7, 11) is 2.17. The number of aliphatic carboxylic acids is 1. The fourth-order valence-corrected chi connectivity index (χ4v) is 3.12. The largest absolute Gasteiger partial charge is 0.478 e. The van der Waals surface area contributed by atoms with Crippen molar-refractivity contribution in [3.05, 3.63) is 28.0 Å². The molecule has 1 unspecified atom stereocenters. The highest BCUT2D eigenvalue weighted by atomic mass is 32.1. The minimum atomic E-state index is -0.902. The van der Waals surface area contributed by atoms with Crippen molar-refractivity contribution in [3.63, 3.8) is 0 Å². The maximum absolute atomic E-state index is 10.5. The monoisotopic (exact) mass is 280 g/mol. The summed E-state index contributed by atoms with van der Waals surface area (Å²) in [5.41, 5.74) is 0.976. The van der Waals surface area contributed by atoms with Crippen LogP contribution in [0.1, 0.15) is 17.4 Å². The Balaban J connectivity index is 1.91. The Kier molecular flexibility index (Phi) is 4.74. The van der Waals surface area contributed by atoms with E-state index in [1.807, 2.05) is 5.38 Å². The molecule has 0 aliphatic carbocycles. The summed E-state index contributed by atoms with van der Waals surface area (Å²) in [6, 6.07) is 2.67. The van der Waals surface area contributed by atoms with E-state index in [1.54, 1.807) is 17.4 Å². The van der Waals surface area contributed by atoms with Crippen LogP contribution < -0.4 is 0 Å². The van der Waals surface area contributed by atoms with Gasteiger partial charge in [-0.3, -0.25) is 4.90 Å². The summed E-state index contributed by atoms with van der Waals surface area (Å²) in [4.78, 5) is 16.6. The van der Waals surface area contributed by atoms with Gasteiger partial charge in [0.05, 0.1) is 0 Å². The second kappa shape index (κ2) is 6.32. The van der Waals surface area contributed by atoms with E-state index in [0.717, 1.165) is 31.7 Å². The number of nitrogens with zero attached hydrogens (tertiary/aromatic N) is 2. The molecule has 0 radical (unpaired) electrons. The Hall–Kier alpha value is -1.17. The average Bonchev–Trinajstić information content (AvgIpc) is 2.79. The predicted octanol–water partition coefficient (Wildman–Crippen LogP) is 1.98. The van der Waals surface area contributed by atoms with E-state index in [0.29, 0.717) is 6.04 Å². The molecular weight excluding hydrogens is 260 g/mol. The molecule has 1 fully saturated rings. The number of carboxylic acids is 1. The lowest BCUT2D eigenvalue weighted by molar-refractivity contribution is -0.131. The number of thiophene rings is 1. The van der Waals surface area contributed by atoms with Gasteiger partial charge in [0, 0.05) is 43.2 Å². The molecule has 0 amide bonds. The molecule has 1 aliphatic rings. The number of hydrogen-bond donors (Lipinski definition) is 1. The van der Waals surface area contributed by atoms with Gasteiger partial charge >= 0.3 is 5.97 Å². The van der Waals surface area contributed by atoms with Gasteiger partial charge in [-0.15, -0.1) is 11.3 Å². The highest BCUT2D eigenvalue weighted by Gasteiger charge is 2.20. The van der Waals surface area contributed by atoms with E-state index in [4.69, 9.17) is 5.11 Å². The van der Waals surface area contributed by atoms with Crippen molar-refractivity contribution in [1.82, 2.24) is 9.80 Å². The van der Waals surface area contributed by atoms with E-state index in [-0.39, 0.29) is 0 Å². The first-order chi connectivity index (χ1) is 9.04. The molecule has 1 aromatic rings. The summed E-state index contributed by atoms with van der Waals surface area (Å²) in [5, 5.41) is 10.6. The topological polar surface area (TPSA) is 43.8 Å². The smallest absolute Gasteiger partial charge is 0.328 e. The van der Waals surface area contributed by atoms with Crippen molar-refractivity contribution in [2.75, 3.05) is 26.7 Å². The van der Waals surface area contributed by atoms with Crippen molar-refractivity contribution in [2.45, 2.75) is 19.5 Å². The maximum Gasteiger partial charge on any atom is 0.328 e. The normalized spacial score (nSPS) is 22.1. The third-order valence-corrected chi connectivity index (χ3v) is 4.46. The molecule has 0 spiro atoms. The van der Waals surface area contributed by atoms with Gasteiger partial charge in [0.15, 0.2) is 0 Å². The molecule has 5 heteroatoms. The van der Waals surface area contributed by atoms with Gasteiger partial charge < -0.3 is 10.0 Å². The van der Waals surface area contributed by atoms with Crippen molar-refractivity contribution in [3.8, 4) is 0 Å². The molecule has 1 aromatic heterocycles. The van der Waals surface area contributed by atoms with Crippen LogP contribution in [0.25, 0.3) is 6.08 Å². The fourth-order valence-electron chi connectivity index (χ4n) is 2.22. The van der Waals surface area contributed by atoms with Gasteiger partial charge in [-0.2, -0.15) is 0 Å². The van der Waals surface area contributed by atoms with E-state index >= 15 is 0 Å². The highest BCUT2D eigenvalue weighted by molar-refractivity contribution is 7.10. The van der Waals surface area contributed by atoms with Crippen LogP contribution in [0.4, 0.5) is 0 Å². The lowest BCUT2D eigenvalue weighted by Gasteiger charge is -2.37. The lowest BCUT2D eigenvalue weighted by Crippen LogP contribution is -2.49. The molecule has 1 aliphatic heterocycles. The molecule has 0 bridgehead atoms. The van der Waals surface area contributed by atoms with Gasteiger partial charge in [-0.1, -0.05) is 0 Å². The van der Waals surface area contributed by atoms with Gasteiger partial charge in [0.25, 0.3) is 0 Å². The minimum absolute atomic E-state index is 0.597. The number of rotatable bonds is 4. The molecule has 104 valence electrons. The van der Waals surface area contributed by atoms with E-state index in [1.165, 1.54) is 11.0 Å². The first-order valence-corrected chi connectivity index (χ1v) is 7.33. The van der Waals surface area contributed by atoms with Crippen LogP contribution in [0.2, 0.25) is 0 Å². The van der Waals surface area contributed by atoms with Crippen LogP contribution in [0.15, 0.2) is 17.5 Å². The number of carbonyl (C=O) groups is 1. The molecule has 4 nitrogen and oxygen atoms in total. The summed E-state index contributed by atoms with van der Waals surface area (Å²) >= 11 is 1.70. The summed E-state index contributed by atoms with van der Waals surface area (Å²) in [5.74, 6) is -0.902. The first-order valence-electron chi connectivity index (χ1n) is 6.45. The van der Waals surface area contributed by atoms with Crippen LogP contribution in [0, 0.1) is 0 Å². The third kappa shape index (κ3) is 4.16. The van der Waals surface area contributed by atoms with Gasteiger partial charge in [0.1, 0.15) is 0 Å². The second-order valence-corrected chi connectivity index (χ2v) is 6.08. The number of piperazine rings is 1. The number of hydrogen-bond acceptors (Lipinski definition) is 4. The lowest BCUT2D eigenvalue weighted by atomic mass is 10.2. The van der Waals surface area contributed by atoms with Gasteiger partial charge in [-0.05, 0) is 37.1 Å². The van der Waals surface area contributed by atoms with Gasteiger partial charge in [0.2, 0.25) is 0 Å². The van der Waals surface area contributed by atoms with Crippen molar-refractivity contribution in [1.29, 1.82) is 0 Å². The first kappa shape index (κ1) is 14.2. The zero-order valence-electron chi connectivity index (χ0n) is 11.4. The number of likely N-dealkylation sites (N-methyl/N-ethyl adjacent to an activating group) is 1. The quantitative estimate of drug-likeness (QED) is 0.857. The van der Waals surface area contributed by atoms with Crippen LogP contribution in [-0.2, 0) is 11.3 Å². The molecule has 0 aromatic carbocycles. The SMILES string of the molecule is CC1CN(Cc2cc(/C=C/C(=O)O)cs2)CCN1C. The van der Waals surface area contributed by atoms with Crippen molar-refractivity contribution in [2.24, 2.45) is 0 Å². The fraction of sp³-hybridized carbons (Fsp3) is 0.500. The standard InChI is InChI=1S/C14H20N2O2S/c1-11-8-16(6-5-15(11)2)9-13-7-12(10-19-13)3-4-14(17)18/h3-4,7,10-11H,5-6,8-9H2,1-2H3,(H,17,18)/b4-3+. The zero-order valence-corrected chi connectivity index (χ0v) is 12.2. The second-order valence-electron chi connectivity index (χ2n) is 5.08. The van der Waals surface area contributed by atoms with E-state index < -0.39 is 5.97 Å². The molecule has 1 atom stereocenters. The van der Waals surface area contributed by atoms with Crippen LogP contribution >= 0.6 is 11.3 Å². The molecule has 1 N–H and O–H groups in total. The molecule has 19 heavy (non-hydrogen) atoms. The van der Waals surface area contributed by atoms with E-state index in [9.17, 15) is 4.79 Å². The molecule has 1 saturated heterocycles. The maximum atomic E-state index is 10.5. The molecular formula is C14H20N2O2S. The Bertz CT molecular complexity index is 470. The zero-order chi connectivity index (χ0) is 13.8. The molecule has 2 rings (SSSR count). The van der Waals surface area contributed by atoms with Crippen LogP contribution in [0.5, 0.6) is 0 Å².